The van der Waals surface area contributed by atoms with Gasteiger partial charge in [0.1, 0.15) is 5.56 Å². The van der Waals surface area contributed by atoms with Gasteiger partial charge in [-0.25, -0.2) is 0 Å². The van der Waals surface area contributed by atoms with E-state index in [0.717, 1.165) is 0 Å². The molecule has 1 amide bonds. The van der Waals surface area contributed by atoms with E-state index in [0.29, 0.717) is 18.9 Å². The number of methoxy groups -OCH3 is 1. The lowest BCUT2D eigenvalue weighted by atomic mass is 10.1. The zero-order valence-corrected chi connectivity index (χ0v) is 13.6. The lowest BCUT2D eigenvalue weighted by Gasteiger charge is -2.20. The molecular weight excluding hydrogens is 288 g/mol. The molecule has 0 aliphatic heterocycles. The van der Waals surface area contributed by atoms with Crippen molar-refractivity contribution in [3.8, 4) is 11.5 Å². The third-order valence-electron chi connectivity index (χ3n) is 2.99. The summed E-state index contributed by atoms with van der Waals surface area (Å²) >= 11 is 0. The summed E-state index contributed by atoms with van der Waals surface area (Å²) in [5.74, 6) is 0.398. The van der Waals surface area contributed by atoms with Gasteiger partial charge in [-0.3, -0.25) is 14.9 Å². The van der Waals surface area contributed by atoms with Crippen molar-refractivity contribution in [3.05, 3.63) is 27.8 Å². The van der Waals surface area contributed by atoms with E-state index >= 15 is 0 Å². The minimum atomic E-state index is -0.589. The fraction of sp³-hybridized carbons (Fsp3) is 0.533. The lowest BCUT2D eigenvalue weighted by molar-refractivity contribution is -0.385. The van der Waals surface area contributed by atoms with Crippen LogP contribution in [-0.4, -0.2) is 43.0 Å². The summed E-state index contributed by atoms with van der Waals surface area (Å²) in [5, 5.41) is 11.2. The largest absolute Gasteiger partial charge is 0.493 e. The molecule has 22 heavy (non-hydrogen) atoms. The normalized spacial score (nSPS) is 10.5. The van der Waals surface area contributed by atoms with Crippen LogP contribution in [-0.2, 0) is 0 Å². The number of ether oxygens (including phenoxy) is 2. The zero-order chi connectivity index (χ0) is 16.9. The molecule has 0 heterocycles. The summed E-state index contributed by atoms with van der Waals surface area (Å²) < 4.78 is 10.5. The first-order valence-electron chi connectivity index (χ1n) is 7.06. The molecule has 1 aromatic rings. The van der Waals surface area contributed by atoms with Crippen molar-refractivity contribution in [2.45, 2.75) is 20.8 Å². The third kappa shape index (κ3) is 4.09. The van der Waals surface area contributed by atoms with Crippen LogP contribution in [0.3, 0.4) is 0 Å². The Balaban J connectivity index is 3.33. The van der Waals surface area contributed by atoms with Gasteiger partial charge in [0.05, 0.1) is 24.7 Å². The van der Waals surface area contributed by atoms with E-state index in [4.69, 9.17) is 9.47 Å². The number of rotatable bonds is 7. The Labute approximate surface area is 130 Å². The van der Waals surface area contributed by atoms with Gasteiger partial charge in [-0.1, -0.05) is 13.8 Å². The van der Waals surface area contributed by atoms with E-state index in [9.17, 15) is 14.9 Å². The molecule has 0 aromatic heterocycles. The van der Waals surface area contributed by atoms with Gasteiger partial charge < -0.3 is 14.4 Å². The van der Waals surface area contributed by atoms with Crippen molar-refractivity contribution in [2.75, 3.05) is 27.3 Å². The highest BCUT2D eigenvalue weighted by atomic mass is 16.6. The molecule has 0 aliphatic rings. The molecule has 7 nitrogen and oxygen atoms in total. The molecule has 1 aromatic carbocycles. The minimum absolute atomic E-state index is 0.00241. The van der Waals surface area contributed by atoms with Crippen LogP contribution in [0.2, 0.25) is 0 Å². The number of nitro groups is 1. The molecular formula is C15H22N2O5. The highest BCUT2D eigenvalue weighted by Crippen LogP contribution is 2.35. The third-order valence-corrected chi connectivity index (χ3v) is 2.99. The number of carbonyl (C=O) groups is 1. The molecule has 0 saturated heterocycles. The van der Waals surface area contributed by atoms with Gasteiger partial charge in [-0.2, -0.15) is 0 Å². The molecule has 0 aliphatic carbocycles. The molecule has 0 bridgehead atoms. The van der Waals surface area contributed by atoms with Crippen molar-refractivity contribution in [1.82, 2.24) is 4.90 Å². The number of hydrogen-bond acceptors (Lipinski definition) is 5. The van der Waals surface area contributed by atoms with Crippen molar-refractivity contribution < 1.29 is 19.2 Å². The van der Waals surface area contributed by atoms with Gasteiger partial charge in [0, 0.05) is 19.7 Å². The first-order valence-corrected chi connectivity index (χ1v) is 7.06. The van der Waals surface area contributed by atoms with Crippen LogP contribution in [0.25, 0.3) is 0 Å². The Hall–Kier alpha value is -2.31. The van der Waals surface area contributed by atoms with Gasteiger partial charge in [-0.05, 0) is 12.8 Å². The zero-order valence-electron chi connectivity index (χ0n) is 13.6. The first kappa shape index (κ1) is 17.7. The second kappa shape index (κ2) is 7.63. The SMILES string of the molecule is CCOc1cc(C(=O)N(C)CC(C)C)c([N+](=O)[O-])cc1OC. The Morgan fingerprint density at radius 1 is 1.36 bits per heavy atom. The van der Waals surface area contributed by atoms with Crippen LogP contribution >= 0.6 is 0 Å². The predicted molar refractivity (Wildman–Crippen MR) is 82.6 cm³/mol. The van der Waals surface area contributed by atoms with E-state index < -0.39 is 10.8 Å². The van der Waals surface area contributed by atoms with Crippen molar-refractivity contribution in [2.24, 2.45) is 5.92 Å². The summed E-state index contributed by atoms with van der Waals surface area (Å²) in [4.78, 5) is 24.6. The molecule has 0 atom stereocenters. The number of nitro benzene ring substituents is 1. The van der Waals surface area contributed by atoms with Crippen molar-refractivity contribution in [3.63, 3.8) is 0 Å². The van der Waals surface area contributed by atoms with Crippen molar-refractivity contribution >= 4 is 11.6 Å². The summed E-state index contributed by atoms with van der Waals surface area (Å²) in [6.45, 7) is 6.60. The van der Waals surface area contributed by atoms with Crippen LogP contribution in [0.15, 0.2) is 12.1 Å². The van der Waals surface area contributed by atoms with Gasteiger partial charge >= 0.3 is 0 Å². The Bertz CT molecular complexity index is 557. The second-order valence-electron chi connectivity index (χ2n) is 5.29. The van der Waals surface area contributed by atoms with E-state index in [1.807, 2.05) is 13.8 Å². The van der Waals surface area contributed by atoms with Crippen LogP contribution in [0.4, 0.5) is 5.69 Å². The molecule has 122 valence electrons. The monoisotopic (exact) mass is 310 g/mol. The average Bonchev–Trinajstić information content (AvgIpc) is 2.45. The highest BCUT2D eigenvalue weighted by molar-refractivity contribution is 5.99. The molecule has 0 fully saturated rings. The number of amides is 1. The smallest absolute Gasteiger partial charge is 0.286 e. The quantitative estimate of drug-likeness (QED) is 0.571. The number of carbonyl (C=O) groups excluding carboxylic acids is 1. The molecule has 0 radical (unpaired) electrons. The summed E-state index contributed by atoms with van der Waals surface area (Å²) in [6.07, 6.45) is 0. The molecule has 0 unspecified atom stereocenters. The number of hydrogen-bond donors (Lipinski definition) is 0. The Morgan fingerprint density at radius 3 is 2.45 bits per heavy atom. The topological polar surface area (TPSA) is 81.9 Å². The Kier molecular flexibility index (Phi) is 6.15. The van der Waals surface area contributed by atoms with E-state index in [-0.39, 0.29) is 22.9 Å². The van der Waals surface area contributed by atoms with Crippen LogP contribution < -0.4 is 9.47 Å². The second-order valence-corrected chi connectivity index (χ2v) is 5.29. The highest BCUT2D eigenvalue weighted by Gasteiger charge is 2.26. The maximum atomic E-state index is 12.5. The van der Waals surface area contributed by atoms with Gasteiger partial charge in [0.15, 0.2) is 11.5 Å². The summed E-state index contributed by atoms with van der Waals surface area (Å²) in [7, 11) is 3.02. The maximum absolute atomic E-state index is 12.5. The van der Waals surface area contributed by atoms with Crippen LogP contribution in [0.5, 0.6) is 11.5 Å². The van der Waals surface area contributed by atoms with Gasteiger partial charge in [0.2, 0.25) is 0 Å². The maximum Gasteiger partial charge on any atom is 0.286 e. The molecule has 1 rings (SSSR count). The predicted octanol–water partition coefficient (Wildman–Crippen LogP) is 2.73. The Morgan fingerprint density at radius 2 is 2.00 bits per heavy atom. The van der Waals surface area contributed by atoms with Crippen LogP contribution in [0, 0.1) is 16.0 Å². The minimum Gasteiger partial charge on any atom is -0.493 e. The lowest BCUT2D eigenvalue weighted by Crippen LogP contribution is -2.30. The van der Waals surface area contributed by atoms with E-state index in [2.05, 4.69) is 0 Å². The summed E-state index contributed by atoms with van der Waals surface area (Å²) in [5.41, 5.74) is -0.293. The van der Waals surface area contributed by atoms with Crippen molar-refractivity contribution in [1.29, 1.82) is 0 Å². The number of nitrogens with zero attached hydrogens (tertiary/aromatic N) is 2. The average molecular weight is 310 g/mol. The molecule has 0 N–H and O–H groups in total. The van der Waals surface area contributed by atoms with Crippen LogP contribution in [0.1, 0.15) is 31.1 Å². The van der Waals surface area contributed by atoms with E-state index in [1.165, 1.54) is 24.1 Å². The van der Waals surface area contributed by atoms with Gasteiger partial charge in [-0.15, -0.1) is 0 Å². The first-order chi connectivity index (χ1) is 10.3. The van der Waals surface area contributed by atoms with Gasteiger partial charge in [0.25, 0.3) is 11.6 Å². The number of benzene rings is 1. The standard InChI is InChI=1S/C15H22N2O5/c1-6-22-14-7-11(15(18)16(4)9-10(2)3)12(17(19)20)8-13(14)21-5/h7-8,10H,6,9H2,1-5H3. The molecule has 7 heteroatoms. The fourth-order valence-corrected chi connectivity index (χ4v) is 2.14. The fourth-order valence-electron chi connectivity index (χ4n) is 2.14. The van der Waals surface area contributed by atoms with E-state index in [1.54, 1.807) is 14.0 Å². The molecule has 0 spiro atoms. The summed E-state index contributed by atoms with van der Waals surface area (Å²) in [6, 6.07) is 2.60. The molecule has 0 saturated carbocycles.